The average Bonchev–Trinajstić information content (AvgIpc) is 3.20. The zero-order valence-electron chi connectivity index (χ0n) is 18.3. The molecule has 2 bridgehead atoms. The molecule has 3 fully saturated rings. The van der Waals surface area contributed by atoms with Gasteiger partial charge in [0.1, 0.15) is 11.4 Å². The molecule has 3 rings (SSSR count). The van der Waals surface area contributed by atoms with Gasteiger partial charge in [0.2, 0.25) is 0 Å². The maximum absolute atomic E-state index is 13.3. The summed E-state index contributed by atoms with van der Waals surface area (Å²) in [4.78, 5) is 24.9. The molecule has 6 unspecified atom stereocenters. The van der Waals surface area contributed by atoms with Crippen LogP contribution in [0.5, 0.6) is 0 Å². The lowest BCUT2D eigenvalue weighted by Gasteiger charge is -2.42. The SMILES string of the molecule is CCC(C)(OC(=O)C1CC2CC1C(C(C)C)C2C(C)C)C1CCC(=O)CC1. The van der Waals surface area contributed by atoms with E-state index < -0.39 is 5.60 Å². The molecular weight excluding hydrogens is 336 g/mol. The van der Waals surface area contributed by atoms with Gasteiger partial charge in [0, 0.05) is 12.8 Å². The molecule has 27 heavy (non-hydrogen) atoms. The van der Waals surface area contributed by atoms with Gasteiger partial charge in [0.05, 0.1) is 5.92 Å². The van der Waals surface area contributed by atoms with Crippen molar-refractivity contribution < 1.29 is 14.3 Å². The summed E-state index contributed by atoms with van der Waals surface area (Å²) in [6, 6.07) is 0. The van der Waals surface area contributed by atoms with Crippen LogP contribution in [0.25, 0.3) is 0 Å². The Morgan fingerprint density at radius 1 is 1.07 bits per heavy atom. The Kier molecular flexibility index (Phi) is 6.08. The first-order valence-corrected chi connectivity index (χ1v) is 11.4. The van der Waals surface area contributed by atoms with Crippen LogP contribution in [0.1, 0.15) is 86.5 Å². The number of Topliss-reactive ketones (excluding diaryl/α,β-unsaturated/α-hetero) is 1. The molecular formula is C24H40O3. The van der Waals surface area contributed by atoms with Crippen LogP contribution in [0, 0.1) is 47.3 Å². The first-order chi connectivity index (χ1) is 12.7. The van der Waals surface area contributed by atoms with E-state index in [9.17, 15) is 9.59 Å². The van der Waals surface area contributed by atoms with Crippen molar-refractivity contribution in [2.45, 2.75) is 92.1 Å². The average molecular weight is 377 g/mol. The Hall–Kier alpha value is -0.860. The smallest absolute Gasteiger partial charge is 0.309 e. The number of rotatable bonds is 6. The van der Waals surface area contributed by atoms with Gasteiger partial charge in [-0.15, -0.1) is 0 Å². The molecule has 0 aromatic heterocycles. The van der Waals surface area contributed by atoms with Gasteiger partial charge in [0.15, 0.2) is 0 Å². The topological polar surface area (TPSA) is 43.4 Å². The Labute approximate surface area is 166 Å². The Morgan fingerprint density at radius 3 is 2.19 bits per heavy atom. The largest absolute Gasteiger partial charge is 0.459 e. The molecule has 0 spiro atoms. The lowest BCUT2D eigenvalue weighted by atomic mass is 9.65. The maximum Gasteiger partial charge on any atom is 0.309 e. The monoisotopic (exact) mass is 376 g/mol. The fourth-order valence-electron chi connectivity index (χ4n) is 6.95. The molecule has 3 saturated carbocycles. The number of carbonyl (C=O) groups is 2. The minimum atomic E-state index is -0.412. The van der Waals surface area contributed by atoms with Gasteiger partial charge in [-0.25, -0.2) is 0 Å². The van der Waals surface area contributed by atoms with Gasteiger partial charge in [0.25, 0.3) is 0 Å². The molecule has 154 valence electrons. The van der Waals surface area contributed by atoms with E-state index in [1.807, 2.05) is 0 Å². The van der Waals surface area contributed by atoms with E-state index in [0.717, 1.165) is 31.6 Å². The molecule has 0 N–H and O–H groups in total. The molecule has 6 atom stereocenters. The highest BCUT2D eigenvalue weighted by molar-refractivity contribution is 5.79. The highest BCUT2D eigenvalue weighted by atomic mass is 16.6. The Morgan fingerprint density at radius 2 is 1.67 bits per heavy atom. The third kappa shape index (κ3) is 3.85. The second-order valence-corrected chi connectivity index (χ2v) is 10.5. The van der Waals surface area contributed by atoms with Crippen LogP contribution in [0.15, 0.2) is 0 Å². The molecule has 0 aromatic carbocycles. The number of fused-ring (bicyclic) bond motifs is 2. The lowest BCUT2D eigenvalue weighted by Crippen LogP contribution is -2.45. The van der Waals surface area contributed by atoms with Crippen molar-refractivity contribution in [3.63, 3.8) is 0 Å². The third-order valence-corrected chi connectivity index (χ3v) is 8.42. The van der Waals surface area contributed by atoms with Crippen molar-refractivity contribution in [1.82, 2.24) is 0 Å². The lowest BCUT2D eigenvalue weighted by molar-refractivity contribution is -0.175. The van der Waals surface area contributed by atoms with Crippen molar-refractivity contribution in [3.8, 4) is 0 Å². The van der Waals surface area contributed by atoms with Crippen LogP contribution in [0.2, 0.25) is 0 Å². The second kappa shape index (κ2) is 7.87. The van der Waals surface area contributed by atoms with Crippen molar-refractivity contribution in [1.29, 1.82) is 0 Å². The summed E-state index contributed by atoms with van der Waals surface area (Å²) in [5.41, 5.74) is -0.412. The van der Waals surface area contributed by atoms with Gasteiger partial charge in [-0.1, -0.05) is 34.6 Å². The van der Waals surface area contributed by atoms with Gasteiger partial charge in [-0.3, -0.25) is 9.59 Å². The fourth-order valence-corrected chi connectivity index (χ4v) is 6.95. The quantitative estimate of drug-likeness (QED) is 0.562. The molecule has 0 amide bonds. The van der Waals surface area contributed by atoms with Gasteiger partial charge in [-0.2, -0.15) is 0 Å². The minimum Gasteiger partial charge on any atom is -0.459 e. The van der Waals surface area contributed by atoms with Crippen LogP contribution in [-0.2, 0) is 14.3 Å². The first-order valence-electron chi connectivity index (χ1n) is 11.4. The predicted octanol–water partition coefficient (Wildman–Crippen LogP) is 5.66. The van der Waals surface area contributed by atoms with Crippen molar-refractivity contribution >= 4 is 11.8 Å². The summed E-state index contributed by atoms with van der Waals surface area (Å²) >= 11 is 0. The number of esters is 1. The van der Waals surface area contributed by atoms with E-state index in [1.54, 1.807) is 0 Å². The van der Waals surface area contributed by atoms with Gasteiger partial charge < -0.3 is 4.74 Å². The van der Waals surface area contributed by atoms with E-state index in [0.29, 0.717) is 54.1 Å². The van der Waals surface area contributed by atoms with Crippen LogP contribution < -0.4 is 0 Å². The molecule has 0 radical (unpaired) electrons. The zero-order chi connectivity index (χ0) is 19.9. The number of carbonyl (C=O) groups excluding carboxylic acids is 2. The van der Waals surface area contributed by atoms with Crippen molar-refractivity contribution in [2.24, 2.45) is 47.3 Å². The number of hydrogen-bond acceptors (Lipinski definition) is 3. The summed E-state index contributed by atoms with van der Waals surface area (Å²) < 4.78 is 6.27. The molecule has 0 aliphatic heterocycles. The van der Waals surface area contributed by atoms with Crippen molar-refractivity contribution in [3.05, 3.63) is 0 Å². The summed E-state index contributed by atoms with van der Waals surface area (Å²) in [5, 5.41) is 0. The number of ketones is 1. The normalized spacial score (nSPS) is 36.4. The summed E-state index contributed by atoms with van der Waals surface area (Å²) in [7, 11) is 0. The van der Waals surface area contributed by atoms with E-state index in [-0.39, 0.29) is 11.9 Å². The summed E-state index contributed by atoms with van der Waals surface area (Å²) in [6.07, 6.45) is 6.12. The molecule has 0 saturated heterocycles. The Balaban J connectivity index is 1.70. The van der Waals surface area contributed by atoms with Crippen LogP contribution in [-0.4, -0.2) is 17.4 Å². The summed E-state index contributed by atoms with van der Waals surface area (Å²) in [6.45, 7) is 13.6. The first kappa shape index (κ1) is 20.9. The van der Waals surface area contributed by atoms with Gasteiger partial charge in [-0.05, 0) is 80.5 Å². The predicted molar refractivity (Wildman–Crippen MR) is 108 cm³/mol. The van der Waals surface area contributed by atoms with E-state index in [1.165, 1.54) is 6.42 Å². The third-order valence-electron chi connectivity index (χ3n) is 8.42. The maximum atomic E-state index is 13.3. The summed E-state index contributed by atoms with van der Waals surface area (Å²) in [5.74, 6) is 4.78. The fraction of sp³-hybridized carbons (Fsp3) is 0.917. The number of hydrogen-bond donors (Lipinski definition) is 0. The molecule has 3 nitrogen and oxygen atoms in total. The minimum absolute atomic E-state index is 0.0524. The molecule has 3 aliphatic carbocycles. The highest BCUT2D eigenvalue weighted by Gasteiger charge is 2.57. The van der Waals surface area contributed by atoms with Crippen molar-refractivity contribution in [2.75, 3.05) is 0 Å². The van der Waals surface area contributed by atoms with Gasteiger partial charge >= 0.3 is 5.97 Å². The van der Waals surface area contributed by atoms with E-state index in [4.69, 9.17) is 4.74 Å². The Bertz CT molecular complexity index is 556. The van der Waals surface area contributed by atoms with E-state index >= 15 is 0 Å². The molecule has 0 heterocycles. The molecule has 0 aromatic rings. The van der Waals surface area contributed by atoms with Crippen LogP contribution in [0.4, 0.5) is 0 Å². The standard InChI is InChI=1S/C24H40O3/c1-7-24(6,17-8-10-18(25)11-9-17)27-23(26)20-13-16-12-19(20)22(15(4)5)21(16)14(2)3/h14-17,19-22H,7-13H2,1-6H3. The van der Waals surface area contributed by atoms with Crippen LogP contribution >= 0.6 is 0 Å². The van der Waals surface area contributed by atoms with Crippen LogP contribution in [0.3, 0.4) is 0 Å². The zero-order valence-corrected chi connectivity index (χ0v) is 18.3. The molecule has 3 aliphatic rings. The number of ether oxygens (including phenoxy) is 1. The second-order valence-electron chi connectivity index (χ2n) is 10.5. The highest BCUT2D eigenvalue weighted by Crippen LogP contribution is 2.60. The van der Waals surface area contributed by atoms with E-state index in [2.05, 4.69) is 41.5 Å². The molecule has 3 heteroatoms.